The quantitative estimate of drug-likeness (QED) is 0.755. The van der Waals surface area contributed by atoms with Crippen molar-refractivity contribution in [2.75, 3.05) is 5.75 Å². The molecule has 1 saturated heterocycles. The lowest BCUT2D eigenvalue weighted by molar-refractivity contribution is 0.141. The van der Waals surface area contributed by atoms with Gasteiger partial charge in [-0.3, -0.25) is 0 Å². The van der Waals surface area contributed by atoms with Gasteiger partial charge >= 0.3 is 0 Å². The van der Waals surface area contributed by atoms with Crippen molar-refractivity contribution < 1.29 is 13.5 Å². The predicted octanol–water partition coefficient (Wildman–Crippen LogP) is 1.11. The van der Waals surface area contributed by atoms with Crippen molar-refractivity contribution >= 4 is 9.84 Å². The van der Waals surface area contributed by atoms with Crippen molar-refractivity contribution in [2.24, 2.45) is 5.92 Å². The molecule has 0 aromatic heterocycles. The minimum atomic E-state index is -3.01. The number of aliphatic hydroxyl groups is 1. The molecular weight excluding hydrogens is 200 g/mol. The molecule has 0 bridgehead atoms. The molecule has 14 heavy (non-hydrogen) atoms. The average Bonchev–Trinajstić information content (AvgIpc) is 2.90. The highest BCUT2D eigenvalue weighted by molar-refractivity contribution is 7.92. The van der Waals surface area contributed by atoms with Gasteiger partial charge in [0.1, 0.15) is 0 Å². The number of hydrogen-bond acceptors (Lipinski definition) is 3. The molecule has 2 unspecified atom stereocenters. The molecule has 0 amide bonds. The molecule has 0 aromatic carbocycles. The van der Waals surface area contributed by atoms with Gasteiger partial charge in [-0.1, -0.05) is 12.8 Å². The molecule has 0 aromatic rings. The van der Waals surface area contributed by atoms with Gasteiger partial charge in [0.05, 0.1) is 17.1 Å². The Balaban J connectivity index is 2.12. The Hall–Kier alpha value is -0.0900. The zero-order valence-corrected chi connectivity index (χ0v) is 9.17. The van der Waals surface area contributed by atoms with Gasteiger partial charge in [-0.2, -0.15) is 0 Å². The molecule has 1 aliphatic carbocycles. The standard InChI is InChI=1S/C10H18O3S/c11-10(8-5-6-8)9-4-2-1-3-7-14(9,12)13/h8-11H,1-7H2. The van der Waals surface area contributed by atoms with Gasteiger partial charge in [0, 0.05) is 0 Å². The molecule has 4 heteroatoms. The van der Waals surface area contributed by atoms with E-state index in [1.165, 1.54) is 0 Å². The zero-order chi connectivity index (χ0) is 10.2. The number of hydrogen-bond donors (Lipinski definition) is 1. The van der Waals surface area contributed by atoms with E-state index in [2.05, 4.69) is 0 Å². The van der Waals surface area contributed by atoms with Crippen molar-refractivity contribution in [1.29, 1.82) is 0 Å². The first-order valence-electron chi connectivity index (χ1n) is 5.51. The van der Waals surface area contributed by atoms with Crippen LogP contribution in [0.25, 0.3) is 0 Å². The Labute approximate surface area is 85.4 Å². The third-order valence-electron chi connectivity index (χ3n) is 3.36. The zero-order valence-electron chi connectivity index (χ0n) is 8.35. The SMILES string of the molecule is O=S1(=O)CCCCCC1C(O)C1CC1. The highest BCUT2D eigenvalue weighted by atomic mass is 32.2. The highest BCUT2D eigenvalue weighted by Gasteiger charge is 2.41. The largest absolute Gasteiger partial charge is 0.391 e. The molecule has 2 rings (SSSR count). The fraction of sp³-hybridized carbons (Fsp3) is 1.00. The monoisotopic (exact) mass is 218 g/mol. The summed E-state index contributed by atoms with van der Waals surface area (Å²) >= 11 is 0. The normalized spacial score (nSPS) is 34.8. The third kappa shape index (κ3) is 2.11. The van der Waals surface area contributed by atoms with E-state index in [0.29, 0.717) is 6.42 Å². The van der Waals surface area contributed by atoms with Crippen LogP contribution in [0.1, 0.15) is 38.5 Å². The summed E-state index contributed by atoms with van der Waals surface area (Å²) in [6, 6.07) is 0. The Bertz CT molecular complexity index is 292. The van der Waals surface area contributed by atoms with Crippen LogP contribution in [0.5, 0.6) is 0 Å². The molecular formula is C10H18O3S. The van der Waals surface area contributed by atoms with Crippen molar-refractivity contribution in [3.8, 4) is 0 Å². The molecule has 3 nitrogen and oxygen atoms in total. The Morgan fingerprint density at radius 3 is 2.43 bits per heavy atom. The van der Waals surface area contributed by atoms with E-state index in [1.807, 2.05) is 0 Å². The number of sulfone groups is 1. The van der Waals surface area contributed by atoms with Gasteiger partial charge in [-0.05, 0) is 31.6 Å². The minimum absolute atomic E-state index is 0.271. The van der Waals surface area contributed by atoms with E-state index in [0.717, 1.165) is 32.1 Å². The van der Waals surface area contributed by atoms with Crippen LogP contribution in [-0.4, -0.2) is 30.6 Å². The third-order valence-corrected chi connectivity index (χ3v) is 5.66. The van der Waals surface area contributed by atoms with Crippen LogP contribution in [-0.2, 0) is 9.84 Å². The lowest BCUT2D eigenvalue weighted by Crippen LogP contribution is -2.36. The van der Waals surface area contributed by atoms with E-state index in [4.69, 9.17) is 0 Å². The summed E-state index contributed by atoms with van der Waals surface area (Å²) in [7, 11) is -3.01. The molecule has 2 atom stereocenters. The molecule has 2 fully saturated rings. The molecule has 82 valence electrons. The van der Waals surface area contributed by atoms with Crippen LogP contribution < -0.4 is 0 Å². The fourth-order valence-corrected chi connectivity index (χ4v) is 4.36. The summed E-state index contributed by atoms with van der Waals surface area (Å²) in [6.45, 7) is 0. The second-order valence-corrected chi connectivity index (χ2v) is 6.92. The molecule has 0 radical (unpaired) electrons. The summed E-state index contributed by atoms with van der Waals surface area (Å²) < 4.78 is 23.6. The lowest BCUT2D eigenvalue weighted by Gasteiger charge is -2.20. The number of rotatable bonds is 2. The van der Waals surface area contributed by atoms with Crippen LogP contribution in [0.15, 0.2) is 0 Å². The maximum Gasteiger partial charge on any atom is 0.155 e. The smallest absolute Gasteiger partial charge is 0.155 e. The topological polar surface area (TPSA) is 54.4 Å². The van der Waals surface area contributed by atoms with Crippen LogP contribution in [0.2, 0.25) is 0 Å². The number of aliphatic hydroxyl groups excluding tert-OH is 1. The van der Waals surface area contributed by atoms with E-state index in [9.17, 15) is 13.5 Å². The Kier molecular flexibility index (Phi) is 2.84. The second kappa shape index (κ2) is 3.81. The van der Waals surface area contributed by atoms with Crippen LogP contribution in [0.4, 0.5) is 0 Å². The van der Waals surface area contributed by atoms with E-state index in [1.54, 1.807) is 0 Å². The second-order valence-electron chi connectivity index (χ2n) is 4.58. The Morgan fingerprint density at radius 2 is 1.79 bits per heavy atom. The van der Waals surface area contributed by atoms with E-state index < -0.39 is 21.2 Å². The van der Waals surface area contributed by atoms with Gasteiger partial charge in [-0.25, -0.2) is 8.42 Å². The highest BCUT2D eigenvalue weighted by Crippen LogP contribution is 2.37. The first-order valence-corrected chi connectivity index (χ1v) is 7.22. The maximum absolute atomic E-state index is 11.8. The van der Waals surface area contributed by atoms with Crippen molar-refractivity contribution in [2.45, 2.75) is 49.9 Å². The Morgan fingerprint density at radius 1 is 1.07 bits per heavy atom. The van der Waals surface area contributed by atoms with Crippen LogP contribution >= 0.6 is 0 Å². The van der Waals surface area contributed by atoms with Crippen molar-refractivity contribution in [1.82, 2.24) is 0 Å². The van der Waals surface area contributed by atoms with Gasteiger partial charge in [-0.15, -0.1) is 0 Å². The van der Waals surface area contributed by atoms with Gasteiger partial charge in [0.15, 0.2) is 9.84 Å². The van der Waals surface area contributed by atoms with Gasteiger partial charge in [0.2, 0.25) is 0 Å². The minimum Gasteiger partial charge on any atom is -0.391 e. The molecule has 0 spiro atoms. The first-order chi connectivity index (χ1) is 6.61. The van der Waals surface area contributed by atoms with Crippen LogP contribution in [0, 0.1) is 5.92 Å². The van der Waals surface area contributed by atoms with Gasteiger partial charge in [0.25, 0.3) is 0 Å². The van der Waals surface area contributed by atoms with Gasteiger partial charge < -0.3 is 5.11 Å². The summed E-state index contributed by atoms with van der Waals surface area (Å²) in [5, 5.41) is 9.43. The lowest BCUT2D eigenvalue weighted by atomic mass is 10.1. The molecule has 1 saturated carbocycles. The maximum atomic E-state index is 11.8. The van der Waals surface area contributed by atoms with Crippen LogP contribution in [0.3, 0.4) is 0 Å². The summed E-state index contributed by atoms with van der Waals surface area (Å²) in [5.41, 5.74) is 0. The van der Waals surface area contributed by atoms with Crippen molar-refractivity contribution in [3.63, 3.8) is 0 Å². The first kappa shape index (κ1) is 10.4. The summed E-state index contributed by atoms with van der Waals surface area (Å²) in [6.07, 6.45) is 4.82. The summed E-state index contributed by atoms with van der Waals surface area (Å²) in [5.74, 6) is 0.550. The predicted molar refractivity (Wildman–Crippen MR) is 54.8 cm³/mol. The van der Waals surface area contributed by atoms with E-state index in [-0.39, 0.29) is 11.7 Å². The molecule has 2 aliphatic rings. The fourth-order valence-electron chi connectivity index (χ4n) is 2.28. The van der Waals surface area contributed by atoms with E-state index >= 15 is 0 Å². The van der Waals surface area contributed by atoms with Crippen molar-refractivity contribution in [3.05, 3.63) is 0 Å². The molecule has 1 aliphatic heterocycles. The average molecular weight is 218 g/mol. The molecule has 1 N–H and O–H groups in total. The molecule has 1 heterocycles. The summed E-state index contributed by atoms with van der Waals surface area (Å²) in [4.78, 5) is 0.